The second-order valence-electron chi connectivity index (χ2n) is 3.65. The summed E-state index contributed by atoms with van der Waals surface area (Å²) >= 11 is 0. The molecule has 0 saturated carbocycles. The van der Waals surface area contributed by atoms with E-state index < -0.39 is 6.09 Å². The maximum absolute atomic E-state index is 11.5. The van der Waals surface area contributed by atoms with Crippen LogP contribution in [0.5, 0.6) is 0 Å². The van der Waals surface area contributed by atoms with Crippen molar-refractivity contribution >= 4 is 17.7 Å². The Morgan fingerprint density at radius 1 is 1.33 bits per heavy atom. The molecule has 0 aliphatic heterocycles. The minimum absolute atomic E-state index is 0.116. The molecule has 5 nitrogen and oxygen atoms in total. The molecular formula is C13H16N2O3. The Morgan fingerprint density at radius 2 is 2.00 bits per heavy atom. The first-order chi connectivity index (χ1) is 8.61. The van der Waals surface area contributed by atoms with Gasteiger partial charge in [0.15, 0.2) is 0 Å². The quantitative estimate of drug-likeness (QED) is 0.781. The molecule has 5 heteroatoms. The van der Waals surface area contributed by atoms with Gasteiger partial charge in [0.25, 0.3) is 0 Å². The Hall–Kier alpha value is -2.30. The molecule has 2 N–H and O–H groups in total. The van der Waals surface area contributed by atoms with Crippen LogP contribution in [0.2, 0.25) is 0 Å². The first-order valence-corrected chi connectivity index (χ1v) is 5.50. The highest BCUT2D eigenvalue weighted by Gasteiger charge is 2.05. The molecule has 0 aromatic heterocycles. The third-order valence-corrected chi connectivity index (χ3v) is 2.06. The van der Waals surface area contributed by atoms with Gasteiger partial charge in [-0.1, -0.05) is 30.4 Å². The molecule has 0 aliphatic carbocycles. The van der Waals surface area contributed by atoms with Crippen molar-refractivity contribution in [1.29, 1.82) is 0 Å². The molecule has 96 valence electrons. The molecule has 1 aromatic carbocycles. The van der Waals surface area contributed by atoms with Crippen molar-refractivity contribution in [3.63, 3.8) is 0 Å². The summed E-state index contributed by atoms with van der Waals surface area (Å²) in [4.78, 5) is 22.5. The Bertz CT molecular complexity index is 426. The fourth-order valence-electron chi connectivity index (χ4n) is 1.18. The molecule has 0 unspecified atom stereocenters. The number of carbonyl (C=O) groups is 2. The maximum atomic E-state index is 11.5. The zero-order chi connectivity index (χ0) is 13.4. The molecule has 1 rings (SSSR count). The van der Waals surface area contributed by atoms with Crippen LogP contribution >= 0.6 is 0 Å². The fraction of sp³-hybridized carbons (Fsp3) is 0.231. The lowest BCUT2D eigenvalue weighted by atomic mass is 10.2. The summed E-state index contributed by atoms with van der Waals surface area (Å²) in [7, 11) is 0. The van der Waals surface area contributed by atoms with E-state index in [-0.39, 0.29) is 19.1 Å². The van der Waals surface area contributed by atoms with Crippen molar-refractivity contribution < 1.29 is 14.3 Å². The van der Waals surface area contributed by atoms with Crippen molar-refractivity contribution in [1.82, 2.24) is 5.32 Å². The number of hydrogen-bond acceptors (Lipinski definition) is 3. The summed E-state index contributed by atoms with van der Waals surface area (Å²) < 4.78 is 4.66. The Labute approximate surface area is 106 Å². The summed E-state index contributed by atoms with van der Waals surface area (Å²) in [6.45, 7) is 5.35. The summed E-state index contributed by atoms with van der Waals surface area (Å²) in [5, 5.41) is 4.98. The topological polar surface area (TPSA) is 67.4 Å². The number of amides is 2. The molecule has 0 radical (unpaired) electrons. The van der Waals surface area contributed by atoms with Gasteiger partial charge in [-0.2, -0.15) is 0 Å². The lowest BCUT2D eigenvalue weighted by Crippen LogP contribution is -2.33. The van der Waals surface area contributed by atoms with Gasteiger partial charge in [0.05, 0.1) is 0 Å². The van der Waals surface area contributed by atoms with Gasteiger partial charge in [-0.15, -0.1) is 0 Å². The molecule has 0 spiro atoms. The molecule has 1 aromatic rings. The lowest BCUT2D eigenvalue weighted by molar-refractivity contribution is -0.115. The minimum Gasteiger partial charge on any atom is -0.445 e. The SMILES string of the molecule is C=CCOC(=O)NCC(=O)Nc1ccc(C)cc1. The average molecular weight is 248 g/mol. The van der Waals surface area contributed by atoms with Crippen molar-refractivity contribution in [2.24, 2.45) is 0 Å². The van der Waals surface area contributed by atoms with E-state index in [9.17, 15) is 9.59 Å². The van der Waals surface area contributed by atoms with Gasteiger partial charge in [0.2, 0.25) is 5.91 Å². The number of rotatable bonds is 5. The van der Waals surface area contributed by atoms with Crippen LogP contribution in [0.15, 0.2) is 36.9 Å². The van der Waals surface area contributed by atoms with E-state index in [2.05, 4.69) is 21.9 Å². The Kier molecular flexibility index (Phi) is 5.44. The highest BCUT2D eigenvalue weighted by atomic mass is 16.5. The largest absolute Gasteiger partial charge is 0.445 e. The van der Waals surface area contributed by atoms with Crippen LogP contribution in [0.1, 0.15) is 5.56 Å². The first-order valence-electron chi connectivity index (χ1n) is 5.50. The molecular weight excluding hydrogens is 232 g/mol. The van der Waals surface area contributed by atoms with Crippen LogP contribution in [-0.4, -0.2) is 25.2 Å². The fourth-order valence-corrected chi connectivity index (χ4v) is 1.18. The van der Waals surface area contributed by atoms with Crippen molar-refractivity contribution in [3.8, 4) is 0 Å². The number of nitrogens with one attached hydrogen (secondary N) is 2. The number of hydrogen-bond donors (Lipinski definition) is 2. The summed E-state index contributed by atoms with van der Waals surface area (Å²) in [5.74, 6) is -0.311. The average Bonchev–Trinajstić information content (AvgIpc) is 2.36. The number of ether oxygens (including phenoxy) is 1. The lowest BCUT2D eigenvalue weighted by Gasteiger charge is -2.07. The summed E-state index contributed by atoms with van der Waals surface area (Å²) in [6.07, 6.45) is 0.806. The third-order valence-electron chi connectivity index (χ3n) is 2.06. The zero-order valence-electron chi connectivity index (χ0n) is 10.2. The molecule has 0 heterocycles. The second-order valence-corrected chi connectivity index (χ2v) is 3.65. The molecule has 0 aliphatic rings. The van der Waals surface area contributed by atoms with Crippen LogP contribution in [0.25, 0.3) is 0 Å². The van der Waals surface area contributed by atoms with Gasteiger partial charge in [-0.3, -0.25) is 4.79 Å². The predicted octanol–water partition coefficient (Wildman–Crippen LogP) is 1.85. The van der Waals surface area contributed by atoms with Gasteiger partial charge < -0.3 is 15.4 Å². The minimum atomic E-state index is -0.644. The van der Waals surface area contributed by atoms with E-state index in [0.717, 1.165) is 5.56 Å². The molecule has 0 atom stereocenters. The maximum Gasteiger partial charge on any atom is 0.407 e. The number of benzene rings is 1. The van der Waals surface area contributed by atoms with Gasteiger partial charge >= 0.3 is 6.09 Å². The van der Waals surface area contributed by atoms with Gasteiger partial charge in [-0.05, 0) is 19.1 Å². The van der Waals surface area contributed by atoms with Gasteiger partial charge in [-0.25, -0.2) is 4.79 Å². The standard InChI is InChI=1S/C13H16N2O3/c1-3-8-18-13(17)14-9-12(16)15-11-6-4-10(2)5-7-11/h3-7H,1,8-9H2,2H3,(H,14,17)(H,15,16). The second kappa shape index (κ2) is 7.11. The third kappa shape index (κ3) is 5.16. The van der Waals surface area contributed by atoms with Crippen molar-refractivity contribution in [2.45, 2.75) is 6.92 Å². The van der Waals surface area contributed by atoms with E-state index in [4.69, 9.17) is 0 Å². The van der Waals surface area contributed by atoms with E-state index in [1.165, 1.54) is 6.08 Å². The van der Waals surface area contributed by atoms with Gasteiger partial charge in [0.1, 0.15) is 13.2 Å². The highest BCUT2D eigenvalue weighted by molar-refractivity contribution is 5.93. The van der Waals surface area contributed by atoms with Crippen LogP contribution < -0.4 is 10.6 Å². The highest BCUT2D eigenvalue weighted by Crippen LogP contribution is 2.07. The van der Waals surface area contributed by atoms with E-state index in [0.29, 0.717) is 5.69 Å². The first kappa shape index (κ1) is 13.8. The Balaban J connectivity index is 2.31. The van der Waals surface area contributed by atoms with E-state index in [1.807, 2.05) is 19.1 Å². The van der Waals surface area contributed by atoms with Gasteiger partial charge in [0, 0.05) is 5.69 Å². The van der Waals surface area contributed by atoms with Crippen molar-refractivity contribution in [3.05, 3.63) is 42.5 Å². The zero-order valence-corrected chi connectivity index (χ0v) is 10.2. The number of aryl methyl sites for hydroxylation is 1. The molecule has 0 fully saturated rings. The normalized spacial score (nSPS) is 9.39. The molecule has 2 amide bonds. The van der Waals surface area contributed by atoms with Crippen LogP contribution in [0.4, 0.5) is 10.5 Å². The molecule has 18 heavy (non-hydrogen) atoms. The number of alkyl carbamates (subject to hydrolysis) is 1. The van der Waals surface area contributed by atoms with Crippen LogP contribution in [0.3, 0.4) is 0 Å². The molecule has 0 saturated heterocycles. The summed E-state index contributed by atoms with van der Waals surface area (Å²) in [5.41, 5.74) is 1.80. The Morgan fingerprint density at radius 3 is 2.61 bits per heavy atom. The molecule has 0 bridgehead atoms. The predicted molar refractivity (Wildman–Crippen MR) is 69.4 cm³/mol. The van der Waals surface area contributed by atoms with E-state index >= 15 is 0 Å². The van der Waals surface area contributed by atoms with Crippen LogP contribution in [0, 0.1) is 6.92 Å². The van der Waals surface area contributed by atoms with Crippen molar-refractivity contribution in [2.75, 3.05) is 18.5 Å². The number of carbonyl (C=O) groups excluding carboxylic acids is 2. The monoisotopic (exact) mass is 248 g/mol. The van der Waals surface area contributed by atoms with E-state index in [1.54, 1.807) is 12.1 Å². The van der Waals surface area contributed by atoms with Crippen LogP contribution in [-0.2, 0) is 9.53 Å². The smallest absolute Gasteiger partial charge is 0.407 e. The number of anilines is 1. The summed E-state index contributed by atoms with van der Waals surface area (Å²) in [6, 6.07) is 7.37.